The maximum atomic E-state index is 13.2. The van der Waals surface area contributed by atoms with E-state index in [1.807, 2.05) is 0 Å². The average molecular weight is 415 g/mol. The van der Waals surface area contributed by atoms with Gasteiger partial charge in [-0.1, -0.05) is 24.3 Å². The molecule has 1 atom stereocenters. The first-order valence-electron chi connectivity index (χ1n) is 7.64. The Hall–Kier alpha value is -2.23. The van der Waals surface area contributed by atoms with Gasteiger partial charge in [-0.3, -0.25) is 9.27 Å². The van der Waals surface area contributed by atoms with E-state index in [4.69, 9.17) is 4.55 Å². The lowest BCUT2D eigenvalue weighted by atomic mass is 10.0. The lowest BCUT2D eigenvalue weighted by Crippen LogP contribution is -2.01. The molecule has 2 N–H and O–H groups in total. The van der Waals surface area contributed by atoms with Crippen molar-refractivity contribution in [1.29, 1.82) is 0 Å². The molecule has 0 radical (unpaired) electrons. The van der Waals surface area contributed by atoms with Crippen molar-refractivity contribution in [2.75, 3.05) is 4.72 Å². The highest BCUT2D eigenvalue weighted by Gasteiger charge is 2.34. The summed E-state index contributed by atoms with van der Waals surface area (Å²) in [5.74, 6) is -0.461. The molecule has 9 heteroatoms. The van der Waals surface area contributed by atoms with Gasteiger partial charge in [0.05, 0.1) is 0 Å². The molecule has 142 valence electrons. The number of thiophene rings is 1. The van der Waals surface area contributed by atoms with Gasteiger partial charge in [0.2, 0.25) is 0 Å². The molecule has 0 saturated carbocycles. The van der Waals surface area contributed by atoms with Gasteiger partial charge in [-0.25, -0.2) is 8.60 Å². The summed E-state index contributed by atoms with van der Waals surface area (Å²) in [7, 11) is 0. The van der Waals surface area contributed by atoms with Crippen LogP contribution in [-0.2, 0) is 23.9 Å². The van der Waals surface area contributed by atoms with Crippen LogP contribution in [-0.4, -0.2) is 8.76 Å². The number of nitrogens with one attached hydrogen (secondary N) is 1. The van der Waals surface area contributed by atoms with Gasteiger partial charge in [-0.05, 0) is 53.4 Å². The number of benzene rings is 2. The molecule has 0 spiro atoms. The second kappa shape index (κ2) is 7.79. The van der Waals surface area contributed by atoms with Gasteiger partial charge in [0.15, 0.2) is 0 Å². The Balaban J connectivity index is 1.94. The van der Waals surface area contributed by atoms with Crippen molar-refractivity contribution in [3.8, 4) is 10.4 Å². The number of rotatable bonds is 5. The molecule has 3 rings (SSSR count). The van der Waals surface area contributed by atoms with Crippen LogP contribution in [0.3, 0.4) is 0 Å². The molecule has 0 saturated heterocycles. The van der Waals surface area contributed by atoms with E-state index in [-0.39, 0.29) is 6.42 Å². The van der Waals surface area contributed by atoms with E-state index < -0.39 is 28.1 Å². The minimum absolute atomic E-state index is 0.238. The zero-order chi connectivity index (χ0) is 19.6. The van der Waals surface area contributed by atoms with E-state index in [2.05, 4.69) is 4.72 Å². The highest BCUT2D eigenvalue weighted by Crippen LogP contribution is 2.42. The van der Waals surface area contributed by atoms with Gasteiger partial charge in [-0.15, -0.1) is 11.3 Å². The van der Waals surface area contributed by atoms with Crippen molar-refractivity contribution in [2.24, 2.45) is 0 Å². The van der Waals surface area contributed by atoms with Gasteiger partial charge in [-0.2, -0.15) is 13.2 Å². The van der Waals surface area contributed by atoms with Crippen LogP contribution in [0.1, 0.15) is 16.0 Å². The molecule has 0 fully saturated rings. The Morgan fingerprint density at radius 2 is 1.67 bits per heavy atom. The smallest absolute Gasteiger partial charge is 0.289 e. The molecule has 3 aromatic rings. The van der Waals surface area contributed by atoms with Gasteiger partial charge in [0, 0.05) is 10.6 Å². The Morgan fingerprint density at radius 1 is 1.04 bits per heavy atom. The number of halogens is 4. The number of hydrogen-bond acceptors (Lipinski definition) is 2. The molecule has 0 aliphatic heterocycles. The first-order chi connectivity index (χ1) is 12.7. The van der Waals surface area contributed by atoms with Crippen LogP contribution in [0.15, 0.2) is 54.6 Å². The van der Waals surface area contributed by atoms with Crippen molar-refractivity contribution in [2.45, 2.75) is 12.6 Å². The standard InChI is InChI=1S/C18H13F4NO2S2/c19-14-5-3-12(4-6-14)17-13(10-16(26-17)18(20,21)22)9-11-1-7-15(8-2-11)23-27(24)25/h1-8,10,23H,9H2,(H,24,25). The minimum atomic E-state index is -4.46. The Morgan fingerprint density at radius 3 is 2.22 bits per heavy atom. The Kier molecular flexibility index (Phi) is 5.64. The lowest BCUT2D eigenvalue weighted by Gasteiger charge is -2.06. The summed E-state index contributed by atoms with van der Waals surface area (Å²) in [6, 6.07) is 12.9. The zero-order valence-corrected chi connectivity index (χ0v) is 15.2. The van der Waals surface area contributed by atoms with Crippen LogP contribution >= 0.6 is 11.3 Å². The molecule has 1 unspecified atom stereocenters. The Labute approximate surface area is 159 Å². The molecule has 0 bridgehead atoms. The van der Waals surface area contributed by atoms with Crippen molar-refractivity contribution < 1.29 is 26.3 Å². The summed E-state index contributed by atoms with van der Waals surface area (Å²) in [6.45, 7) is 0. The van der Waals surface area contributed by atoms with E-state index >= 15 is 0 Å². The fraction of sp³-hybridized carbons (Fsp3) is 0.111. The number of anilines is 1. The van der Waals surface area contributed by atoms with Gasteiger partial charge < -0.3 is 0 Å². The largest absolute Gasteiger partial charge is 0.425 e. The molecule has 1 aromatic heterocycles. The first kappa shape index (κ1) is 19.5. The van der Waals surface area contributed by atoms with E-state index in [9.17, 15) is 21.8 Å². The third-order valence-corrected chi connectivity index (χ3v) is 5.43. The summed E-state index contributed by atoms with van der Waals surface area (Å²) >= 11 is -1.58. The van der Waals surface area contributed by atoms with Crippen molar-refractivity contribution >= 4 is 28.3 Å². The predicted octanol–water partition coefficient (Wildman–Crippen LogP) is 5.71. The maximum Gasteiger partial charge on any atom is 0.425 e. The van der Waals surface area contributed by atoms with Crippen molar-refractivity contribution in [3.63, 3.8) is 0 Å². The average Bonchev–Trinajstić information content (AvgIpc) is 3.01. The molecule has 3 nitrogen and oxygen atoms in total. The van der Waals surface area contributed by atoms with E-state index in [1.54, 1.807) is 24.3 Å². The van der Waals surface area contributed by atoms with Gasteiger partial charge in [0.1, 0.15) is 10.7 Å². The molecule has 1 heterocycles. The summed E-state index contributed by atoms with van der Waals surface area (Å²) in [4.78, 5) is -0.285. The SMILES string of the molecule is O=S(O)Nc1ccc(Cc2cc(C(F)(F)F)sc2-c2ccc(F)cc2)cc1. The molecular weight excluding hydrogens is 402 g/mol. The normalized spacial score (nSPS) is 12.8. The van der Waals surface area contributed by atoms with Crippen LogP contribution in [0, 0.1) is 5.82 Å². The fourth-order valence-electron chi connectivity index (χ4n) is 2.56. The third-order valence-electron chi connectivity index (χ3n) is 3.75. The van der Waals surface area contributed by atoms with Crippen LogP contribution < -0.4 is 4.72 Å². The van der Waals surface area contributed by atoms with Crippen molar-refractivity contribution in [3.05, 3.63) is 76.4 Å². The molecule has 0 amide bonds. The first-order valence-corrected chi connectivity index (χ1v) is 9.57. The van der Waals surface area contributed by atoms with Crippen LogP contribution in [0.2, 0.25) is 0 Å². The monoisotopic (exact) mass is 415 g/mol. The molecule has 27 heavy (non-hydrogen) atoms. The quantitative estimate of drug-likeness (QED) is 0.414. The number of hydrogen-bond donors (Lipinski definition) is 2. The second-order valence-corrected chi connectivity index (χ2v) is 7.45. The van der Waals surface area contributed by atoms with Crippen LogP contribution in [0.25, 0.3) is 10.4 Å². The van der Waals surface area contributed by atoms with E-state index in [1.165, 1.54) is 24.3 Å². The van der Waals surface area contributed by atoms with E-state index in [0.29, 0.717) is 33.0 Å². The van der Waals surface area contributed by atoms with Crippen LogP contribution in [0.5, 0.6) is 0 Å². The summed E-state index contributed by atoms with van der Waals surface area (Å²) in [5.41, 5.74) is 2.14. The topological polar surface area (TPSA) is 49.3 Å². The molecule has 0 aliphatic rings. The second-order valence-electron chi connectivity index (χ2n) is 5.69. The maximum absolute atomic E-state index is 13.2. The molecular formula is C18H13F4NO2S2. The predicted molar refractivity (Wildman–Crippen MR) is 98.4 cm³/mol. The highest BCUT2D eigenvalue weighted by molar-refractivity contribution is 7.80. The molecule has 2 aromatic carbocycles. The van der Waals surface area contributed by atoms with Gasteiger partial charge >= 0.3 is 6.18 Å². The summed E-state index contributed by atoms with van der Waals surface area (Å²) in [5, 5.41) is 0. The van der Waals surface area contributed by atoms with E-state index in [0.717, 1.165) is 11.6 Å². The number of alkyl halides is 3. The minimum Gasteiger partial charge on any atom is -0.289 e. The summed E-state index contributed by atoms with van der Waals surface area (Å²) < 4.78 is 74.5. The Bertz CT molecular complexity index is 951. The van der Waals surface area contributed by atoms with Crippen LogP contribution in [0.4, 0.5) is 23.2 Å². The van der Waals surface area contributed by atoms with Crippen molar-refractivity contribution in [1.82, 2.24) is 0 Å². The highest BCUT2D eigenvalue weighted by atomic mass is 32.2. The lowest BCUT2D eigenvalue weighted by molar-refractivity contribution is -0.134. The third kappa shape index (κ3) is 4.94. The fourth-order valence-corrected chi connectivity index (χ4v) is 3.95. The zero-order valence-electron chi connectivity index (χ0n) is 13.6. The summed E-state index contributed by atoms with van der Waals surface area (Å²) in [6.07, 6.45) is -4.22. The van der Waals surface area contributed by atoms with Gasteiger partial charge in [0.25, 0.3) is 11.3 Å². The molecule has 0 aliphatic carbocycles.